The van der Waals surface area contributed by atoms with Crippen molar-refractivity contribution >= 4 is 23.1 Å². The first-order valence-electron chi connectivity index (χ1n) is 5.35. The summed E-state index contributed by atoms with van der Waals surface area (Å²) in [7, 11) is 0. The molecule has 0 unspecified atom stereocenters. The maximum atomic E-state index is 11.8. The van der Waals surface area contributed by atoms with Gasteiger partial charge in [-0.2, -0.15) is 0 Å². The second-order valence-corrected chi connectivity index (χ2v) is 5.01. The second-order valence-electron chi connectivity index (χ2n) is 3.72. The van der Waals surface area contributed by atoms with Gasteiger partial charge in [-0.15, -0.1) is 11.3 Å². The van der Waals surface area contributed by atoms with E-state index in [0.717, 1.165) is 15.6 Å². The van der Waals surface area contributed by atoms with Gasteiger partial charge in [0.05, 0.1) is 12.2 Å². The number of hydrogen-bond acceptors (Lipinski definition) is 6. The van der Waals surface area contributed by atoms with E-state index < -0.39 is 0 Å². The summed E-state index contributed by atoms with van der Waals surface area (Å²) in [6, 6.07) is 0. The summed E-state index contributed by atoms with van der Waals surface area (Å²) in [5.41, 5.74) is 6.70. The Hall–Kier alpha value is -2.02. The maximum Gasteiger partial charge on any atom is 0.274 e. The lowest BCUT2D eigenvalue weighted by Crippen LogP contribution is -2.25. The van der Waals surface area contributed by atoms with Gasteiger partial charge in [0.1, 0.15) is 5.01 Å². The smallest absolute Gasteiger partial charge is 0.274 e. The van der Waals surface area contributed by atoms with E-state index >= 15 is 0 Å². The number of nitrogens with two attached hydrogens (primary N) is 1. The van der Waals surface area contributed by atoms with Crippen molar-refractivity contribution in [3.63, 3.8) is 0 Å². The van der Waals surface area contributed by atoms with E-state index in [4.69, 9.17) is 5.73 Å². The van der Waals surface area contributed by atoms with Gasteiger partial charge in [0.25, 0.3) is 5.91 Å². The van der Waals surface area contributed by atoms with Crippen LogP contribution in [0.1, 0.15) is 26.1 Å². The van der Waals surface area contributed by atoms with Gasteiger partial charge in [0, 0.05) is 17.3 Å². The van der Waals surface area contributed by atoms with Crippen LogP contribution < -0.4 is 11.1 Å². The van der Waals surface area contributed by atoms with Crippen LogP contribution >= 0.6 is 11.3 Å². The summed E-state index contributed by atoms with van der Waals surface area (Å²) in [4.78, 5) is 25.0. The van der Waals surface area contributed by atoms with E-state index in [1.165, 1.54) is 12.4 Å². The number of anilines is 1. The molecule has 2 aromatic heterocycles. The van der Waals surface area contributed by atoms with Gasteiger partial charge in [-0.1, -0.05) is 0 Å². The van der Waals surface area contributed by atoms with Gasteiger partial charge >= 0.3 is 0 Å². The predicted octanol–water partition coefficient (Wildman–Crippen LogP) is 1.06. The van der Waals surface area contributed by atoms with Crippen LogP contribution in [0.15, 0.2) is 12.4 Å². The number of aromatic nitrogens is 3. The van der Waals surface area contributed by atoms with Crippen molar-refractivity contribution in [3.05, 3.63) is 33.7 Å². The van der Waals surface area contributed by atoms with Crippen LogP contribution in [0.2, 0.25) is 0 Å². The highest BCUT2D eigenvalue weighted by atomic mass is 32.1. The maximum absolute atomic E-state index is 11.8. The number of carbonyl (C=O) groups excluding carboxylic acids is 1. The molecule has 2 heterocycles. The fraction of sp³-hybridized carbons (Fsp3) is 0.273. The van der Waals surface area contributed by atoms with Crippen molar-refractivity contribution in [2.75, 3.05) is 5.73 Å². The highest BCUT2D eigenvalue weighted by Crippen LogP contribution is 2.16. The van der Waals surface area contributed by atoms with Crippen molar-refractivity contribution in [2.45, 2.75) is 20.4 Å². The number of carbonyl (C=O) groups is 1. The first-order valence-corrected chi connectivity index (χ1v) is 6.17. The van der Waals surface area contributed by atoms with Gasteiger partial charge in [-0.3, -0.25) is 4.79 Å². The van der Waals surface area contributed by atoms with Crippen molar-refractivity contribution < 1.29 is 4.79 Å². The SMILES string of the molecule is Cc1nc(CNC(=O)c2nccnc2N)sc1C. The van der Waals surface area contributed by atoms with Crippen LogP contribution in [-0.4, -0.2) is 20.9 Å². The molecule has 2 rings (SSSR count). The van der Waals surface area contributed by atoms with Crippen LogP contribution in [0, 0.1) is 13.8 Å². The zero-order valence-electron chi connectivity index (χ0n) is 10.1. The molecule has 0 saturated carbocycles. The highest BCUT2D eigenvalue weighted by Gasteiger charge is 2.12. The molecule has 3 N–H and O–H groups in total. The largest absolute Gasteiger partial charge is 0.382 e. The van der Waals surface area contributed by atoms with Crippen molar-refractivity contribution in [1.29, 1.82) is 0 Å². The summed E-state index contributed by atoms with van der Waals surface area (Å²) in [6.07, 6.45) is 2.88. The minimum Gasteiger partial charge on any atom is -0.382 e. The number of nitrogen functional groups attached to an aromatic ring is 1. The molecule has 0 aliphatic heterocycles. The number of rotatable bonds is 3. The molecule has 0 aliphatic carbocycles. The Morgan fingerprint density at radius 3 is 2.72 bits per heavy atom. The Morgan fingerprint density at radius 1 is 1.39 bits per heavy atom. The molecular formula is C11H13N5OS. The number of nitrogens with zero attached hydrogens (tertiary/aromatic N) is 3. The van der Waals surface area contributed by atoms with E-state index in [0.29, 0.717) is 6.54 Å². The van der Waals surface area contributed by atoms with Crippen LogP contribution in [-0.2, 0) is 6.54 Å². The molecule has 0 bridgehead atoms. The van der Waals surface area contributed by atoms with Gasteiger partial charge in [-0.25, -0.2) is 15.0 Å². The Morgan fingerprint density at radius 2 is 2.11 bits per heavy atom. The van der Waals surface area contributed by atoms with Gasteiger partial charge in [0.15, 0.2) is 11.5 Å². The molecular weight excluding hydrogens is 250 g/mol. The standard InChI is InChI=1S/C11H13N5OS/c1-6-7(2)18-8(16-6)5-15-11(17)9-10(12)14-4-3-13-9/h3-4H,5H2,1-2H3,(H2,12,14)(H,15,17). The van der Waals surface area contributed by atoms with Crippen LogP contribution in [0.25, 0.3) is 0 Å². The van der Waals surface area contributed by atoms with Crippen molar-refractivity contribution in [2.24, 2.45) is 0 Å². The fourth-order valence-electron chi connectivity index (χ4n) is 1.38. The van der Waals surface area contributed by atoms with Crippen molar-refractivity contribution in [3.8, 4) is 0 Å². The molecule has 0 saturated heterocycles. The minimum absolute atomic E-state index is 0.126. The van der Waals surface area contributed by atoms with E-state index in [1.807, 2.05) is 13.8 Å². The van der Waals surface area contributed by atoms with E-state index in [1.54, 1.807) is 11.3 Å². The average Bonchev–Trinajstić information content (AvgIpc) is 2.66. The van der Waals surface area contributed by atoms with E-state index in [9.17, 15) is 4.79 Å². The first-order chi connectivity index (χ1) is 8.58. The molecule has 94 valence electrons. The summed E-state index contributed by atoms with van der Waals surface area (Å²) in [5.74, 6) is -0.215. The topological polar surface area (TPSA) is 93.8 Å². The lowest BCUT2D eigenvalue weighted by molar-refractivity contribution is 0.0946. The van der Waals surface area contributed by atoms with Crippen LogP contribution in [0.5, 0.6) is 0 Å². The lowest BCUT2D eigenvalue weighted by Gasteiger charge is -2.03. The first kappa shape index (κ1) is 12.4. The molecule has 0 atom stereocenters. The average molecular weight is 263 g/mol. The number of nitrogens with one attached hydrogen (secondary N) is 1. The van der Waals surface area contributed by atoms with Crippen LogP contribution in [0.4, 0.5) is 5.82 Å². The molecule has 2 aromatic rings. The number of aryl methyl sites for hydroxylation is 2. The quantitative estimate of drug-likeness (QED) is 0.863. The number of thiazole rings is 1. The zero-order valence-corrected chi connectivity index (χ0v) is 10.9. The molecule has 0 spiro atoms. The summed E-state index contributed by atoms with van der Waals surface area (Å²) in [6.45, 7) is 4.31. The normalized spacial score (nSPS) is 10.3. The Kier molecular flexibility index (Phi) is 3.52. The molecule has 0 aromatic carbocycles. The highest BCUT2D eigenvalue weighted by molar-refractivity contribution is 7.11. The Labute approximate surface area is 108 Å². The zero-order chi connectivity index (χ0) is 13.1. The summed E-state index contributed by atoms with van der Waals surface area (Å²) < 4.78 is 0. The minimum atomic E-state index is -0.342. The Bertz CT molecular complexity index is 561. The van der Waals surface area contributed by atoms with E-state index in [2.05, 4.69) is 20.3 Å². The molecule has 0 radical (unpaired) electrons. The fourth-order valence-corrected chi connectivity index (χ4v) is 2.25. The molecule has 18 heavy (non-hydrogen) atoms. The molecule has 0 fully saturated rings. The third-order valence-corrected chi connectivity index (χ3v) is 3.49. The third kappa shape index (κ3) is 2.62. The van der Waals surface area contributed by atoms with Gasteiger partial charge < -0.3 is 11.1 Å². The molecule has 7 heteroatoms. The molecule has 1 amide bonds. The number of hydrogen-bond donors (Lipinski definition) is 2. The monoisotopic (exact) mass is 263 g/mol. The number of amides is 1. The Balaban J connectivity index is 2.03. The van der Waals surface area contributed by atoms with Crippen molar-refractivity contribution in [1.82, 2.24) is 20.3 Å². The van der Waals surface area contributed by atoms with E-state index in [-0.39, 0.29) is 17.4 Å². The van der Waals surface area contributed by atoms with Gasteiger partial charge in [-0.05, 0) is 13.8 Å². The second kappa shape index (κ2) is 5.09. The third-order valence-electron chi connectivity index (χ3n) is 2.41. The molecule has 6 nitrogen and oxygen atoms in total. The predicted molar refractivity (Wildman–Crippen MR) is 69.2 cm³/mol. The summed E-state index contributed by atoms with van der Waals surface area (Å²) >= 11 is 1.56. The lowest BCUT2D eigenvalue weighted by atomic mass is 10.4. The summed E-state index contributed by atoms with van der Waals surface area (Å²) in [5, 5.41) is 3.58. The molecule has 0 aliphatic rings. The van der Waals surface area contributed by atoms with Crippen LogP contribution in [0.3, 0.4) is 0 Å². The van der Waals surface area contributed by atoms with Gasteiger partial charge in [0.2, 0.25) is 0 Å².